The van der Waals surface area contributed by atoms with Crippen LogP contribution in [0.1, 0.15) is 40.3 Å². The zero-order chi connectivity index (χ0) is 25.6. The van der Waals surface area contributed by atoms with Gasteiger partial charge in [-0.1, -0.05) is 36.4 Å². The maximum atomic E-state index is 12.6. The lowest BCUT2D eigenvalue weighted by molar-refractivity contribution is 0.0600. The van der Waals surface area contributed by atoms with Crippen LogP contribution in [-0.2, 0) is 4.74 Å². The van der Waals surface area contributed by atoms with Crippen LogP contribution in [0.3, 0.4) is 0 Å². The number of benzene rings is 2. The number of hydrogen-bond donors (Lipinski definition) is 2. The quantitative estimate of drug-likeness (QED) is 0.183. The highest BCUT2D eigenvalue weighted by Gasteiger charge is 2.41. The number of thiocarbonyl (C=S) groups is 1. The maximum Gasteiger partial charge on any atom is 0.339 e. The predicted octanol–water partition coefficient (Wildman–Crippen LogP) is 5.13. The Morgan fingerprint density at radius 3 is 2.59 bits per heavy atom. The maximum absolute atomic E-state index is 12.6. The summed E-state index contributed by atoms with van der Waals surface area (Å²) in [7, 11) is 1.40. The number of pyridine rings is 1. The van der Waals surface area contributed by atoms with E-state index in [1.807, 2.05) is 66.9 Å². The van der Waals surface area contributed by atoms with Gasteiger partial charge in [-0.05, 0) is 67.2 Å². The van der Waals surface area contributed by atoms with Gasteiger partial charge in [-0.15, -0.1) is 0 Å². The predicted molar refractivity (Wildman–Crippen MR) is 149 cm³/mol. The molecule has 1 fully saturated rings. The van der Waals surface area contributed by atoms with Crippen molar-refractivity contribution in [2.75, 3.05) is 25.5 Å². The molecule has 0 bridgehead atoms. The summed E-state index contributed by atoms with van der Waals surface area (Å²) < 4.78 is 7.11. The van der Waals surface area contributed by atoms with Gasteiger partial charge < -0.3 is 24.8 Å². The molecule has 7 nitrogen and oxygen atoms in total. The number of hydrogen-bond acceptors (Lipinski definition) is 5. The molecular weight excluding hydrogens is 482 g/mol. The molecule has 0 aliphatic carbocycles. The van der Waals surface area contributed by atoms with Gasteiger partial charge in [0.25, 0.3) is 0 Å². The van der Waals surface area contributed by atoms with Crippen LogP contribution in [-0.4, -0.2) is 45.7 Å². The van der Waals surface area contributed by atoms with Crippen LogP contribution in [0.25, 0.3) is 5.69 Å². The van der Waals surface area contributed by atoms with Crippen LogP contribution >= 0.6 is 12.2 Å². The molecule has 0 saturated carbocycles. The molecule has 1 saturated heterocycles. The number of nitrogens with zero attached hydrogens (tertiary/aromatic N) is 3. The summed E-state index contributed by atoms with van der Waals surface area (Å²) in [6, 6.07) is 27.4. The first kappa shape index (κ1) is 24.5. The number of methoxy groups -OCH3 is 1. The van der Waals surface area contributed by atoms with Crippen molar-refractivity contribution >= 4 is 29.0 Å². The number of carbonyl (C=O) groups is 1. The fraction of sp³-hybridized carbons (Fsp3) is 0.207. The van der Waals surface area contributed by atoms with E-state index in [9.17, 15) is 4.79 Å². The minimum absolute atomic E-state index is 0.125. The fourth-order valence-corrected chi connectivity index (χ4v) is 5.16. The molecule has 1 aliphatic rings. The molecule has 5 rings (SSSR count). The van der Waals surface area contributed by atoms with E-state index in [0.717, 1.165) is 42.3 Å². The smallest absolute Gasteiger partial charge is 0.339 e. The summed E-state index contributed by atoms with van der Waals surface area (Å²) in [6.07, 6.45) is 4.67. The molecule has 8 heteroatoms. The highest BCUT2D eigenvalue weighted by Crippen LogP contribution is 2.40. The molecule has 1 aliphatic heterocycles. The Hall–Kier alpha value is -4.17. The van der Waals surface area contributed by atoms with Gasteiger partial charge in [0, 0.05) is 36.9 Å². The van der Waals surface area contributed by atoms with Crippen LogP contribution in [0.2, 0.25) is 0 Å². The van der Waals surface area contributed by atoms with E-state index in [-0.39, 0.29) is 18.1 Å². The van der Waals surface area contributed by atoms with E-state index in [2.05, 4.69) is 43.3 Å². The Morgan fingerprint density at radius 1 is 1.03 bits per heavy atom. The summed E-state index contributed by atoms with van der Waals surface area (Å²) in [5.74, 6) is -0.375. The number of ether oxygens (including phenoxy) is 1. The number of esters is 1. The van der Waals surface area contributed by atoms with Crippen molar-refractivity contribution < 1.29 is 9.53 Å². The number of rotatable bonds is 9. The molecule has 0 radical (unpaired) electrons. The number of carbonyl (C=O) groups excluding carboxylic acids is 1. The minimum Gasteiger partial charge on any atom is -0.465 e. The van der Waals surface area contributed by atoms with Crippen molar-refractivity contribution in [2.45, 2.75) is 18.5 Å². The first-order valence-electron chi connectivity index (χ1n) is 12.3. The summed E-state index contributed by atoms with van der Waals surface area (Å²) in [5.41, 5.74) is 4.28. The van der Waals surface area contributed by atoms with Gasteiger partial charge >= 0.3 is 5.97 Å². The third kappa shape index (κ3) is 5.20. The SMILES string of the molecule is COC(=O)c1ccccc1-n1cccc1[C@H]1[C@@H](c2ccccn2)NC(=S)N1CCCNc1ccccc1. The second kappa shape index (κ2) is 11.3. The second-order valence-electron chi connectivity index (χ2n) is 8.78. The zero-order valence-corrected chi connectivity index (χ0v) is 21.4. The third-order valence-electron chi connectivity index (χ3n) is 6.53. The lowest BCUT2D eigenvalue weighted by Gasteiger charge is -2.29. The molecule has 2 aromatic carbocycles. The van der Waals surface area contributed by atoms with E-state index >= 15 is 0 Å². The Kier molecular flexibility index (Phi) is 7.46. The number of nitrogens with one attached hydrogen (secondary N) is 2. The number of para-hydroxylation sites is 2. The van der Waals surface area contributed by atoms with Gasteiger partial charge in [-0.2, -0.15) is 0 Å². The zero-order valence-electron chi connectivity index (χ0n) is 20.6. The fourth-order valence-electron chi connectivity index (χ4n) is 4.83. The van der Waals surface area contributed by atoms with Crippen LogP contribution in [0.15, 0.2) is 97.3 Å². The summed E-state index contributed by atoms with van der Waals surface area (Å²) in [5, 5.41) is 7.68. The first-order valence-corrected chi connectivity index (χ1v) is 12.7. The van der Waals surface area contributed by atoms with Crippen molar-refractivity contribution in [2.24, 2.45) is 0 Å². The second-order valence-corrected chi connectivity index (χ2v) is 9.16. The van der Waals surface area contributed by atoms with Crippen molar-refractivity contribution in [1.29, 1.82) is 0 Å². The van der Waals surface area contributed by atoms with E-state index in [0.29, 0.717) is 10.7 Å². The van der Waals surface area contributed by atoms with Crippen LogP contribution in [0.4, 0.5) is 5.69 Å². The largest absolute Gasteiger partial charge is 0.465 e. The van der Waals surface area contributed by atoms with Gasteiger partial charge in [-0.25, -0.2) is 4.79 Å². The monoisotopic (exact) mass is 511 g/mol. The van der Waals surface area contributed by atoms with Crippen LogP contribution < -0.4 is 10.6 Å². The molecule has 3 heterocycles. The highest BCUT2D eigenvalue weighted by atomic mass is 32.1. The van der Waals surface area contributed by atoms with Crippen LogP contribution in [0, 0.1) is 0 Å². The number of anilines is 1. The minimum atomic E-state index is -0.375. The van der Waals surface area contributed by atoms with Crippen LogP contribution in [0.5, 0.6) is 0 Å². The van der Waals surface area contributed by atoms with Crippen molar-refractivity contribution in [3.8, 4) is 5.69 Å². The lowest BCUT2D eigenvalue weighted by atomic mass is 10.0. The normalized spacial score (nSPS) is 16.9. The van der Waals surface area contributed by atoms with Gasteiger partial charge in [0.05, 0.1) is 36.1 Å². The Morgan fingerprint density at radius 2 is 1.81 bits per heavy atom. The lowest BCUT2D eigenvalue weighted by Crippen LogP contribution is -2.32. The van der Waals surface area contributed by atoms with Gasteiger partial charge in [-0.3, -0.25) is 4.98 Å². The molecule has 188 valence electrons. The molecular formula is C29H29N5O2S. The van der Waals surface area contributed by atoms with Gasteiger partial charge in [0.2, 0.25) is 0 Å². The molecule has 2 aromatic heterocycles. The van der Waals surface area contributed by atoms with Gasteiger partial charge in [0.1, 0.15) is 0 Å². The standard InChI is InChI=1S/C29H29N5O2S/c1-36-28(35)22-13-5-6-15-24(22)33-19-9-16-25(33)27-26(23-14-7-8-17-31-23)32-29(37)34(27)20-10-18-30-21-11-3-2-4-12-21/h2-9,11-17,19,26-27,30H,10,18,20H2,1H3,(H,32,37)/t26-,27+/m1/s1. The van der Waals surface area contributed by atoms with Gasteiger partial charge in [0.15, 0.2) is 5.11 Å². The van der Waals surface area contributed by atoms with E-state index in [1.165, 1.54) is 7.11 Å². The first-order chi connectivity index (χ1) is 18.2. The third-order valence-corrected chi connectivity index (χ3v) is 6.88. The summed E-state index contributed by atoms with van der Waals surface area (Å²) in [6.45, 7) is 1.57. The molecule has 2 N–H and O–H groups in total. The molecule has 37 heavy (non-hydrogen) atoms. The van der Waals surface area contributed by atoms with E-state index in [4.69, 9.17) is 17.0 Å². The molecule has 2 atom stereocenters. The average Bonchev–Trinajstić information content (AvgIpc) is 3.56. The highest BCUT2D eigenvalue weighted by molar-refractivity contribution is 7.80. The van der Waals surface area contributed by atoms with Crippen molar-refractivity contribution in [1.82, 2.24) is 19.8 Å². The summed E-state index contributed by atoms with van der Waals surface area (Å²) >= 11 is 5.84. The molecule has 0 unspecified atom stereocenters. The molecule has 0 amide bonds. The Bertz CT molecular complexity index is 1360. The molecule has 4 aromatic rings. The van der Waals surface area contributed by atoms with E-state index in [1.54, 1.807) is 12.3 Å². The topological polar surface area (TPSA) is 71.4 Å². The summed E-state index contributed by atoms with van der Waals surface area (Å²) in [4.78, 5) is 19.4. The van der Waals surface area contributed by atoms with Crippen molar-refractivity contribution in [3.05, 3.63) is 114 Å². The molecule has 0 spiro atoms. The Labute approximate surface area is 222 Å². The van der Waals surface area contributed by atoms with E-state index < -0.39 is 0 Å². The Balaban J connectivity index is 1.47. The van der Waals surface area contributed by atoms with Crippen molar-refractivity contribution in [3.63, 3.8) is 0 Å². The number of aromatic nitrogens is 2. The average molecular weight is 512 g/mol.